The van der Waals surface area contributed by atoms with E-state index in [0.29, 0.717) is 12.0 Å². The summed E-state index contributed by atoms with van der Waals surface area (Å²) >= 11 is 0. The molecule has 0 atom stereocenters. The van der Waals surface area contributed by atoms with Gasteiger partial charge in [-0.15, -0.1) is 0 Å². The van der Waals surface area contributed by atoms with E-state index in [1.807, 2.05) is 0 Å². The van der Waals surface area contributed by atoms with Gasteiger partial charge in [0.25, 0.3) is 0 Å². The average Bonchev–Trinajstić information content (AvgIpc) is 2.48. The van der Waals surface area contributed by atoms with E-state index in [2.05, 4.69) is 42.3 Å². The normalized spacial score (nSPS) is 22.9. The summed E-state index contributed by atoms with van der Waals surface area (Å²) in [5.74, 6) is 0.0195. The van der Waals surface area contributed by atoms with Crippen molar-refractivity contribution in [2.24, 2.45) is 0 Å². The molecule has 1 aliphatic carbocycles. The number of nitrogens with zero attached hydrogens (tertiary/aromatic N) is 1. The van der Waals surface area contributed by atoms with Crippen molar-refractivity contribution in [1.29, 1.82) is 0 Å². The summed E-state index contributed by atoms with van der Waals surface area (Å²) in [6, 6.07) is 11.4. The predicted molar refractivity (Wildman–Crippen MR) is 80.9 cm³/mol. The lowest BCUT2D eigenvalue weighted by atomic mass is 9.81. The van der Waals surface area contributed by atoms with E-state index >= 15 is 0 Å². The summed E-state index contributed by atoms with van der Waals surface area (Å²) in [5.41, 5.74) is 1.47. The highest BCUT2D eigenvalue weighted by Crippen LogP contribution is 2.34. The Balaban J connectivity index is 1.75. The lowest BCUT2D eigenvalue weighted by Gasteiger charge is -2.34. The van der Waals surface area contributed by atoms with Crippen LogP contribution in [0.1, 0.15) is 50.0 Å². The monoisotopic (exact) mass is 275 g/mol. The number of carboxylic acid groups (broad SMARTS) is 1. The molecule has 0 unspecified atom stereocenters. The molecule has 110 valence electrons. The summed E-state index contributed by atoms with van der Waals surface area (Å²) in [7, 11) is 2.13. The molecule has 1 aliphatic rings. The van der Waals surface area contributed by atoms with E-state index in [-0.39, 0.29) is 6.42 Å². The number of rotatable bonds is 6. The zero-order valence-electron chi connectivity index (χ0n) is 12.3. The van der Waals surface area contributed by atoms with E-state index in [4.69, 9.17) is 5.11 Å². The molecule has 2 rings (SSSR count). The van der Waals surface area contributed by atoms with E-state index in [0.717, 1.165) is 13.0 Å². The number of carboxylic acids is 1. The zero-order chi connectivity index (χ0) is 14.4. The van der Waals surface area contributed by atoms with Crippen LogP contribution in [0.5, 0.6) is 0 Å². The summed E-state index contributed by atoms with van der Waals surface area (Å²) in [6.07, 6.45) is 5.98. The first kappa shape index (κ1) is 15.0. The molecule has 0 spiro atoms. The van der Waals surface area contributed by atoms with Crippen molar-refractivity contribution in [1.82, 2.24) is 4.90 Å². The van der Waals surface area contributed by atoms with E-state index in [1.54, 1.807) is 0 Å². The molecule has 1 N–H and O–H groups in total. The maximum Gasteiger partial charge on any atom is 0.303 e. The largest absolute Gasteiger partial charge is 0.481 e. The Kier molecular flexibility index (Phi) is 5.60. The molecular formula is C17H25NO2. The molecule has 0 heterocycles. The molecule has 1 aromatic carbocycles. The minimum absolute atomic E-state index is 0.281. The van der Waals surface area contributed by atoms with Gasteiger partial charge in [-0.2, -0.15) is 0 Å². The van der Waals surface area contributed by atoms with Crippen molar-refractivity contribution in [2.75, 3.05) is 13.6 Å². The van der Waals surface area contributed by atoms with Gasteiger partial charge in [0.1, 0.15) is 0 Å². The Hall–Kier alpha value is -1.35. The van der Waals surface area contributed by atoms with Crippen LogP contribution in [-0.2, 0) is 4.79 Å². The smallest absolute Gasteiger partial charge is 0.303 e. The fraction of sp³-hybridized carbons (Fsp3) is 0.588. The third-order valence-corrected chi connectivity index (χ3v) is 4.49. The standard InChI is InChI=1S/C17H25NO2/c1-18(13-5-8-17(19)20)16-11-9-15(10-12-16)14-6-3-2-4-7-14/h2-4,6-7,15-16H,5,8-13H2,1H3,(H,19,20). The summed E-state index contributed by atoms with van der Waals surface area (Å²) in [6.45, 7) is 0.896. The van der Waals surface area contributed by atoms with Gasteiger partial charge in [0.05, 0.1) is 0 Å². The Bertz CT molecular complexity index is 410. The maximum absolute atomic E-state index is 10.5. The topological polar surface area (TPSA) is 40.5 Å². The van der Waals surface area contributed by atoms with Gasteiger partial charge in [-0.05, 0) is 57.2 Å². The van der Waals surface area contributed by atoms with Crippen LogP contribution >= 0.6 is 0 Å². The molecular weight excluding hydrogens is 250 g/mol. The lowest BCUT2D eigenvalue weighted by molar-refractivity contribution is -0.137. The summed E-state index contributed by atoms with van der Waals surface area (Å²) < 4.78 is 0. The summed E-state index contributed by atoms with van der Waals surface area (Å²) in [5, 5.41) is 8.68. The lowest BCUT2D eigenvalue weighted by Crippen LogP contribution is -2.35. The molecule has 0 bridgehead atoms. The van der Waals surface area contributed by atoms with Gasteiger partial charge in [0.15, 0.2) is 0 Å². The van der Waals surface area contributed by atoms with E-state index < -0.39 is 5.97 Å². The number of hydrogen-bond acceptors (Lipinski definition) is 2. The minimum atomic E-state index is -0.689. The fourth-order valence-electron chi connectivity index (χ4n) is 3.24. The highest BCUT2D eigenvalue weighted by atomic mass is 16.4. The molecule has 0 amide bonds. The van der Waals surface area contributed by atoms with Crippen molar-refractivity contribution in [3.8, 4) is 0 Å². The second-order valence-electron chi connectivity index (χ2n) is 5.89. The van der Waals surface area contributed by atoms with Gasteiger partial charge < -0.3 is 10.0 Å². The van der Waals surface area contributed by atoms with Crippen LogP contribution in [0.3, 0.4) is 0 Å². The molecule has 3 heteroatoms. The molecule has 20 heavy (non-hydrogen) atoms. The molecule has 1 fully saturated rings. The van der Waals surface area contributed by atoms with Gasteiger partial charge in [-0.3, -0.25) is 4.79 Å². The Morgan fingerprint density at radius 2 is 1.85 bits per heavy atom. The highest BCUT2D eigenvalue weighted by Gasteiger charge is 2.24. The summed E-state index contributed by atoms with van der Waals surface area (Å²) in [4.78, 5) is 12.9. The molecule has 0 radical (unpaired) electrons. The van der Waals surface area contributed by atoms with Crippen LogP contribution in [0, 0.1) is 0 Å². The molecule has 1 saturated carbocycles. The Morgan fingerprint density at radius 3 is 2.45 bits per heavy atom. The van der Waals surface area contributed by atoms with Crippen LogP contribution in [-0.4, -0.2) is 35.6 Å². The van der Waals surface area contributed by atoms with Crippen LogP contribution in [0.4, 0.5) is 0 Å². The Morgan fingerprint density at radius 1 is 1.20 bits per heavy atom. The number of benzene rings is 1. The van der Waals surface area contributed by atoms with Crippen molar-refractivity contribution < 1.29 is 9.90 Å². The average molecular weight is 275 g/mol. The van der Waals surface area contributed by atoms with Crippen molar-refractivity contribution in [2.45, 2.75) is 50.5 Å². The Labute approximate surface area is 121 Å². The third kappa shape index (κ3) is 4.34. The van der Waals surface area contributed by atoms with Gasteiger partial charge in [0, 0.05) is 12.5 Å². The van der Waals surface area contributed by atoms with Gasteiger partial charge in [-0.1, -0.05) is 30.3 Å². The van der Waals surface area contributed by atoms with Crippen LogP contribution in [0.2, 0.25) is 0 Å². The molecule has 0 aromatic heterocycles. The highest BCUT2D eigenvalue weighted by molar-refractivity contribution is 5.66. The molecule has 0 saturated heterocycles. The van der Waals surface area contributed by atoms with Crippen LogP contribution in [0.25, 0.3) is 0 Å². The first-order chi connectivity index (χ1) is 9.66. The quantitative estimate of drug-likeness (QED) is 0.863. The van der Waals surface area contributed by atoms with Crippen LogP contribution < -0.4 is 0 Å². The molecule has 0 aliphatic heterocycles. The minimum Gasteiger partial charge on any atom is -0.481 e. The SMILES string of the molecule is CN(CCCC(=O)O)C1CCC(c2ccccc2)CC1. The van der Waals surface area contributed by atoms with E-state index in [1.165, 1.54) is 31.2 Å². The molecule has 3 nitrogen and oxygen atoms in total. The fourth-order valence-corrected chi connectivity index (χ4v) is 3.24. The van der Waals surface area contributed by atoms with Gasteiger partial charge in [0.2, 0.25) is 0 Å². The molecule has 1 aromatic rings. The third-order valence-electron chi connectivity index (χ3n) is 4.49. The zero-order valence-corrected chi connectivity index (χ0v) is 12.3. The van der Waals surface area contributed by atoms with Gasteiger partial charge >= 0.3 is 5.97 Å². The van der Waals surface area contributed by atoms with Crippen LogP contribution in [0.15, 0.2) is 30.3 Å². The number of carbonyl (C=O) groups is 1. The van der Waals surface area contributed by atoms with Crippen molar-refractivity contribution in [3.63, 3.8) is 0 Å². The second-order valence-corrected chi connectivity index (χ2v) is 5.89. The van der Waals surface area contributed by atoms with Crippen molar-refractivity contribution >= 4 is 5.97 Å². The first-order valence-corrected chi connectivity index (χ1v) is 7.64. The second kappa shape index (κ2) is 7.44. The van der Waals surface area contributed by atoms with E-state index in [9.17, 15) is 4.79 Å². The number of aliphatic carboxylic acids is 1. The maximum atomic E-state index is 10.5. The number of hydrogen-bond donors (Lipinski definition) is 1. The van der Waals surface area contributed by atoms with Crippen molar-refractivity contribution in [3.05, 3.63) is 35.9 Å². The predicted octanol–water partition coefficient (Wildman–Crippen LogP) is 3.51. The van der Waals surface area contributed by atoms with Gasteiger partial charge in [-0.25, -0.2) is 0 Å². The first-order valence-electron chi connectivity index (χ1n) is 7.64.